The number of halogens is 1. The summed E-state index contributed by atoms with van der Waals surface area (Å²) < 4.78 is 11.9. The molecule has 0 saturated heterocycles. The number of anilines is 1. The van der Waals surface area contributed by atoms with Crippen molar-refractivity contribution in [2.24, 2.45) is 0 Å². The Morgan fingerprint density at radius 1 is 1.21 bits per heavy atom. The summed E-state index contributed by atoms with van der Waals surface area (Å²) in [7, 11) is 1.63. The Morgan fingerprint density at radius 3 is 2.61 bits per heavy atom. The van der Waals surface area contributed by atoms with Crippen LogP contribution in [-0.2, 0) is 4.79 Å². The second kappa shape index (κ2) is 11.5. The van der Waals surface area contributed by atoms with E-state index in [0.29, 0.717) is 23.4 Å². The summed E-state index contributed by atoms with van der Waals surface area (Å²) in [5.74, 6) is 1.38. The van der Waals surface area contributed by atoms with Gasteiger partial charge in [-0.25, -0.2) is 0 Å². The van der Waals surface area contributed by atoms with E-state index >= 15 is 0 Å². The molecule has 180 valence electrons. The fraction of sp³-hybridized carbons (Fsp3) is 0.480. The SMILES string of the molecule is COc1ccc(OC(C)CCN(CCO)C(C)C)c(C2Sc3cc(Cl)ccc3N2C(C)=O)c1. The molecule has 3 rings (SSSR count). The Hall–Kier alpha value is -1.93. The molecule has 0 fully saturated rings. The van der Waals surface area contributed by atoms with Crippen molar-refractivity contribution in [3.8, 4) is 11.5 Å². The van der Waals surface area contributed by atoms with Crippen molar-refractivity contribution in [2.75, 3.05) is 31.7 Å². The van der Waals surface area contributed by atoms with Crippen molar-refractivity contribution in [2.45, 2.75) is 56.5 Å². The van der Waals surface area contributed by atoms with Gasteiger partial charge in [-0.05, 0) is 63.6 Å². The van der Waals surface area contributed by atoms with Crippen LogP contribution in [0.25, 0.3) is 0 Å². The van der Waals surface area contributed by atoms with E-state index in [9.17, 15) is 9.90 Å². The molecule has 0 bridgehead atoms. The molecule has 1 heterocycles. The fourth-order valence-corrected chi connectivity index (χ4v) is 5.59. The van der Waals surface area contributed by atoms with Gasteiger partial charge in [-0.15, -0.1) is 0 Å². The van der Waals surface area contributed by atoms with Crippen LogP contribution in [0.4, 0.5) is 5.69 Å². The van der Waals surface area contributed by atoms with E-state index in [4.69, 9.17) is 21.1 Å². The summed E-state index contributed by atoms with van der Waals surface area (Å²) in [5, 5.41) is 9.68. The molecule has 2 unspecified atom stereocenters. The van der Waals surface area contributed by atoms with E-state index in [-0.39, 0.29) is 24.0 Å². The van der Waals surface area contributed by atoms with Crippen LogP contribution in [0.15, 0.2) is 41.3 Å². The predicted octanol–water partition coefficient (Wildman–Crippen LogP) is 5.37. The molecule has 1 N–H and O–H groups in total. The van der Waals surface area contributed by atoms with Crippen molar-refractivity contribution in [1.29, 1.82) is 0 Å². The highest BCUT2D eigenvalue weighted by molar-refractivity contribution is 8.00. The maximum atomic E-state index is 12.6. The first-order valence-electron chi connectivity index (χ1n) is 11.2. The second-order valence-electron chi connectivity index (χ2n) is 8.45. The number of nitrogens with zero attached hydrogens (tertiary/aromatic N) is 2. The van der Waals surface area contributed by atoms with Gasteiger partial charge in [0.2, 0.25) is 5.91 Å². The third-order valence-corrected chi connectivity index (χ3v) is 7.25. The molecule has 6 nitrogen and oxygen atoms in total. The smallest absolute Gasteiger partial charge is 0.225 e. The van der Waals surface area contributed by atoms with Gasteiger partial charge in [0, 0.05) is 41.5 Å². The van der Waals surface area contributed by atoms with Crippen LogP contribution in [0.3, 0.4) is 0 Å². The Morgan fingerprint density at radius 2 is 1.97 bits per heavy atom. The first-order chi connectivity index (χ1) is 15.7. The molecule has 33 heavy (non-hydrogen) atoms. The zero-order chi connectivity index (χ0) is 24.1. The van der Waals surface area contributed by atoms with Gasteiger partial charge in [0.15, 0.2) is 0 Å². The molecule has 0 saturated carbocycles. The van der Waals surface area contributed by atoms with Gasteiger partial charge in [0.1, 0.15) is 16.9 Å². The van der Waals surface area contributed by atoms with Crippen LogP contribution in [0.5, 0.6) is 11.5 Å². The minimum atomic E-state index is -0.283. The number of benzene rings is 2. The first-order valence-corrected chi connectivity index (χ1v) is 12.5. The van der Waals surface area contributed by atoms with Gasteiger partial charge in [-0.1, -0.05) is 23.4 Å². The highest BCUT2D eigenvalue weighted by atomic mass is 35.5. The third-order valence-electron chi connectivity index (χ3n) is 5.75. The average molecular weight is 493 g/mol. The number of aliphatic hydroxyl groups excluding tert-OH is 1. The number of thioether (sulfide) groups is 1. The van der Waals surface area contributed by atoms with Crippen LogP contribution in [-0.4, -0.2) is 54.9 Å². The van der Waals surface area contributed by atoms with E-state index < -0.39 is 0 Å². The van der Waals surface area contributed by atoms with Crippen molar-refractivity contribution in [3.05, 3.63) is 47.0 Å². The van der Waals surface area contributed by atoms with Crippen molar-refractivity contribution in [1.82, 2.24) is 4.90 Å². The van der Waals surface area contributed by atoms with Crippen LogP contribution < -0.4 is 14.4 Å². The third kappa shape index (κ3) is 6.15. The highest BCUT2D eigenvalue weighted by Gasteiger charge is 2.36. The van der Waals surface area contributed by atoms with Crippen LogP contribution >= 0.6 is 23.4 Å². The minimum absolute atomic E-state index is 0.0491. The molecule has 2 aromatic rings. The van der Waals surface area contributed by atoms with E-state index in [1.807, 2.05) is 37.3 Å². The largest absolute Gasteiger partial charge is 0.497 e. The van der Waals surface area contributed by atoms with Crippen LogP contribution in [0.2, 0.25) is 5.02 Å². The second-order valence-corrected chi connectivity index (χ2v) is 10.0. The van der Waals surface area contributed by atoms with Crippen molar-refractivity contribution in [3.63, 3.8) is 0 Å². The Kier molecular flexibility index (Phi) is 8.93. The van der Waals surface area contributed by atoms with Gasteiger partial charge >= 0.3 is 0 Å². The fourth-order valence-electron chi connectivity index (χ4n) is 3.95. The monoisotopic (exact) mass is 492 g/mol. The number of hydrogen-bond donors (Lipinski definition) is 1. The molecule has 2 aromatic carbocycles. The molecule has 1 aliphatic rings. The summed E-state index contributed by atoms with van der Waals surface area (Å²) in [6.07, 6.45) is 0.763. The number of rotatable bonds is 10. The summed E-state index contributed by atoms with van der Waals surface area (Å²) in [4.78, 5) is 17.6. The molecule has 0 aromatic heterocycles. The molecule has 0 spiro atoms. The zero-order valence-corrected chi connectivity index (χ0v) is 21.4. The van der Waals surface area contributed by atoms with E-state index in [1.54, 1.807) is 36.8 Å². The highest BCUT2D eigenvalue weighted by Crippen LogP contribution is 2.54. The predicted molar refractivity (Wildman–Crippen MR) is 135 cm³/mol. The number of fused-ring (bicyclic) bond motifs is 1. The molecule has 2 atom stereocenters. The topological polar surface area (TPSA) is 62.2 Å². The van der Waals surface area contributed by atoms with Gasteiger partial charge in [0.05, 0.1) is 25.5 Å². The summed E-state index contributed by atoms with van der Waals surface area (Å²) in [6, 6.07) is 11.7. The van der Waals surface area contributed by atoms with Gasteiger partial charge in [0.25, 0.3) is 0 Å². The lowest BCUT2D eigenvalue weighted by molar-refractivity contribution is -0.116. The maximum Gasteiger partial charge on any atom is 0.225 e. The Bertz CT molecular complexity index is 971. The lowest BCUT2D eigenvalue weighted by atomic mass is 10.1. The summed E-state index contributed by atoms with van der Waals surface area (Å²) in [5.41, 5.74) is 1.73. The number of amides is 1. The average Bonchev–Trinajstić information content (AvgIpc) is 3.15. The number of carbonyl (C=O) groups is 1. The van der Waals surface area contributed by atoms with E-state index in [1.165, 1.54) is 0 Å². The van der Waals surface area contributed by atoms with Gasteiger partial charge in [-0.2, -0.15) is 0 Å². The molecule has 8 heteroatoms. The normalized spacial score (nSPS) is 16.3. The lowest BCUT2D eigenvalue weighted by Gasteiger charge is -2.29. The first kappa shape index (κ1) is 25.7. The molecule has 1 amide bonds. The number of hydrogen-bond acceptors (Lipinski definition) is 6. The van der Waals surface area contributed by atoms with Crippen molar-refractivity contribution < 1.29 is 19.4 Å². The van der Waals surface area contributed by atoms with Crippen molar-refractivity contribution >= 4 is 35.0 Å². The van der Waals surface area contributed by atoms with Crippen LogP contribution in [0.1, 0.15) is 45.1 Å². The molecular formula is C25H33ClN2O4S. The van der Waals surface area contributed by atoms with Gasteiger partial charge in [-0.3, -0.25) is 14.6 Å². The lowest BCUT2D eigenvalue weighted by Crippen LogP contribution is -2.36. The number of carbonyl (C=O) groups excluding carboxylic acids is 1. The minimum Gasteiger partial charge on any atom is -0.497 e. The molecule has 0 radical (unpaired) electrons. The quantitative estimate of drug-likeness (QED) is 0.481. The number of aliphatic hydroxyl groups is 1. The molecule has 0 aliphatic carbocycles. The van der Waals surface area contributed by atoms with Crippen LogP contribution in [0, 0.1) is 0 Å². The molecule has 1 aliphatic heterocycles. The number of methoxy groups -OCH3 is 1. The Balaban J connectivity index is 1.86. The summed E-state index contributed by atoms with van der Waals surface area (Å²) >= 11 is 7.79. The zero-order valence-electron chi connectivity index (χ0n) is 19.9. The molecular weight excluding hydrogens is 460 g/mol. The Labute approximate surface area is 205 Å². The maximum absolute atomic E-state index is 12.6. The summed E-state index contributed by atoms with van der Waals surface area (Å²) in [6.45, 7) is 9.48. The number of ether oxygens (including phenoxy) is 2. The van der Waals surface area contributed by atoms with E-state index in [2.05, 4.69) is 18.7 Å². The van der Waals surface area contributed by atoms with E-state index in [0.717, 1.165) is 34.9 Å². The van der Waals surface area contributed by atoms with Gasteiger partial charge < -0.3 is 14.6 Å². The standard InChI is InChI=1S/C25H33ClN2O4S/c1-16(2)27(12-13-29)11-10-17(3)32-23-9-7-20(31-5)15-21(23)25-28(18(4)30)22-8-6-19(26)14-24(22)33-25/h6-9,14-17,25,29H,10-13H2,1-5H3.